The molecular weight excluding hydrogens is 398 g/mol. The fraction of sp³-hybridized carbons (Fsp3) is 0.833. The van der Waals surface area contributed by atoms with Gasteiger partial charge in [0.2, 0.25) is 0 Å². The standard InChI is InChI=1S/C3H8.C2H6.CH3.3H2N.Pt.Y/c1-3-2;1-2;;;;;;/h3H2,1-2H3;1-2H3;1H3;3*1H2;;/q;;4*-1;;. The van der Waals surface area contributed by atoms with Crippen molar-refractivity contribution >= 4 is 0 Å². The Morgan fingerprint density at radius 3 is 0.818 bits per heavy atom. The van der Waals surface area contributed by atoms with Crippen LogP contribution in [0.5, 0.6) is 0 Å². The molecule has 0 aliphatic carbocycles. The molecule has 0 bridgehead atoms. The zero-order valence-corrected chi connectivity index (χ0v) is 13.4. The van der Waals surface area contributed by atoms with Crippen molar-refractivity contribution in [3.8, 4) is 0 Å². The summed E-state index contributed by atoms with van der Waals surface area (Å²) in [5.41, 5.74) is 0. The molecule has 0 aromatic carbocycles. The quantitative estimate of drug-likeness (QED) is 0.490. The van der Waals surface area contributed by atoms with Gasteiger partial charge in [-0.25, -0.2) is 0 Å². The van der Waals surface area contributed by atoms with Crippen LogP contribution in [0.15, 0.2) is 0 Å². The van der Waals surface area contributed by atoms with Gasteiger partial charge in [0.05, 0.1) is 0 Å². The molecule has 0 heterocycles. The van der Waals surface area contributed by atoms with Gasteiger partial charge in [-0.15, -0.1) is 0 Å². The second kappa shape index (κ2) is 186. The summed E-state index contributed by atoms with van der Waals surface area (Å²) in [6.07, 6.45) is 1.25. The first kappa shape index (κ1) is 79.1. The predicted molar refractivity (Wildman–Crippen MR) is 49.6 cm³/mol. The topological polar surface area (TPSA) is 100 Å². The zero-order valence-electron chi connectivity index (χ0n) is 8.33. The molecule has 0 rings (SSSR count). The Morgan fingerprint density at radius 2 is 0.818 bits per heavy atom. The van der Waals surface area contributed by atoms with Crippen LogP contribution in [-0.4, -0.2) is 0 Å². The number of hydrogen-bond acceptors (Lipinski definition) is 0. The minimum atomic E-state index is 0. The summed E-state index contributed by atoms with van der Waals surface area (Å²) in [5.74, 6) is 0. The fourth-order valence-corrected chi connectivity index (χ4v) is 0. The first-order valence-electron chi connectivity index (χ1n) is 2.41. The molecule has 0 fully saturated rings. The van der Waals surface area contributed by atoms with Gasteiger partial charge < -0.3 is 25.9 Å². The SMILES string of the molecule is CC.CCC.[CH3-].[NH2-].[NH2-].[NH2-].[Pt].[Y]. The van der Waals surface area contributed by atoms with E-state index in [1.807, 2.05) is 13.8 Å². The number of hydrogen-bond donors (Lipinski definition) is 0. The first-order chi connectivity index (χ1) is 2.41. The van der Waals surface area contributed by atoms with E-state index in [9.17, 15) is 0 Å². The van der Waals surface area contributed by atoms with Crippen LogP contribution >= 0.6 is 0 Å². The summed E-state index contributed by atoms with van der Waals surface area (Å²) in [6.45, 7) is 8.25. The maximum Gasteiger partial charge on any atom is 0 e. The molecule has 0 saturated carbocycles. The molecule has 1 radical (unpaired) electrons. The van der Waals surface area contributed by atoms with Crippen molar-refractivity contribution in [2.24, 2.45) is 0 Å². The van der Waals surface area contributed by atoms with Crippen molar-refractivity contribution in [2.75, 3.05) is 0 Å². The Bertz CT molecular complexity index is 17.8. The molecule has 11 heavy (non-hydrogen) atoms. The third kappa shape index (κ3) is 391. The molecule has 0 amide bonds. The maximum absolute atomic E-state index is 2.12. The molecule has 0 aromatic rings. The molecule has 79 valence electrons. The molecule has 5 heteroatoms. The number of rotatable bonds is 0. The van der Waals surface area contributed by atoms with E-state index in [2.05, 4.69) is 13.8 Å². The van der Waals surface area contributed by atoms with Gasteiger partial charge in [0, 0.05) is 53.8 Å². The van der Waals surface area contributed by atoms with Gasteiger partial charge in [-0.3, -0.25) is 0 Å². The van der Waals surface area contributed by atoms with Crippen molar-refractivity contribution in [3.05, 3.63) is 25.9 Å². The fourth-order valence-electron chi connectivity index (χ4n) is 0. The maximum atomic E-state index is 2.12. The summed E-state index contributed by atoms with van der Waals surface area (Å²) < 4.78 is 0. The van der Waals surface area contributed by atoms with Crippen LogP contribution < -0.4 is 0 Å². The van der Waals surface area contributed by atoms with Crippen LogP contribution in [0.4, 0.5) is 0 Å². The van der Waals surface area contributed by atoms with Gasteiger partial charge in [0.1, 0.15) is 0 Å². The molecule has 0 atom stereocenters. The van der Waals surface area contributed by atoms with Crippen molar-refractivity contribution in [1.29, 1.82) is 0 Å². The molecule has 0 aromatic heterocycles. The third-order valence-corrected chi connectivity index (χ3v) is 0. The van der Waals surface area contributed by atoms with Crippen molar-refractivity contribution < 1.29 is 53.8 Å². The first-order valence-corrected chi connectivity index (χ1v) is 2.41. The van der Waals surface area contributed by atoms with E-state index in [-0.39, 0.29) is 79.7 Å². The molecule has 0 saturated heterocycles. The van der Waals surface area contributed by atoms with E-state index in [4.69, 9.17) is 0 Å². The molecule has 0 spiro atoms. The smallest absolute Gasteiger partial charge is 0 e. The van der Waals surface area contributed by atoms with Gasteiger partial charge in [-0.1, -0.05) is 34.1 Å². The van der Waals surface area contributed by atoms with Crippen molar-refractivity contribution in [3.63, 3.8) is 0 Å². The van der Waals surface area contributed by atoms with Crippen LogP contribution in [0.3, 0.4) is 0 Å². The van der Waals surface area contributed by atoms with Gasteiger partial charge in [0.15, 0.2) is 0 Å². The van der Waals surface area contributed by atoms with Crippen molar-refractivity contribution in [2.45, 2.75) is 34.1 Å². The summed E-state index contributed by atoms with van der Waals surface area (Å²) in [6, 6.07) is 0. The van der Waals surface area contributed by atoms with E-state index >= 15 is 0 Å². The summed E-state index contributed by atoms with van der Waals surface area (Å²) in [7, 11) is 0. The Hall–Kier alpha value is 1.67. The van der Waals surface area contributed by atoms with Gasteiger partial charge >= 0.3 is 0 Å². The van der Waals surface area contributed by atoms with Gasteiger partial charge in [0.25, 0.3) is 0 Å². The molecule has 0 unspecified atom stereocenters. The van der Waals surface area contributed by atoms with Crippen LogP contribution in [0.2, 0.25) is 0 Å². The van der Waals surface area contributed by atoms with E-state index in [1.54, 1.807) is 0 Å². The van der Waals surface area contributed by atoms with E-state index in [0.29, 0.717) is 0 Å². The van der Waals surface area contributed by atoms with E-state index < -0.39 is 0 Å². The molecular formula is C6H23N3PtY-4. The molecule has 0 aliphatic rings. The van der Waals surface area contributed by atoms with Crippen molar-refractivity contribution in [1.82, 2.24) is 0 Å². The second-order valence-electron chi connectivity index (χ2n) is 0.707. The monoisotopic (exact) mass is 421 g/mol. The average molecular weight is 421 g/mol. The predicted octanol–water partition coefficient (Wildman–Crippen LogP) is 5.04. The van der Waals surface area contributed by atoms with Gasteiger partial charge in [-0.05, 0) is 0 Å². The third-order valence-electron chi connectivity index (χ3n) is 0. The minimum Gasteiger partial charge on any atom is -0.693 e. The Balaban J connectivity index is -0.00000000181. The Morgan fingerprint density at radius 1 is 0.818 bits per heavy atom. The molecule has 3 nitrogen and oxygen atoms in total. The summed E-state index contributed by atoms with van der Waals surface area (Å²) in [4.78, 5) is 0. The van der Waals surface area contributed by atoms with Gasteiger partial charge in [-0.2, -0.15) is 0 Å². The van der Waals surface area contributed by atoms with Crippen LogP contribution in [-0.2, 0) is 53.8 Å². The van der Waals surface area contributed by atoms with Crippen LogP contribution in [0.1, 0.15) is 34.1 Å². The Labute approximate surface area is 113 Å². The van der Waals surface area contributed by atoms with E-state index in [1.165, 1.54) is 6.42 Å². The molecule has 0 aliphatic heterocycles. The minimum absolute atomic E-state index is 0. The van der Waals surface area contributed by atoms with E-state index in [0.717, 1.165) is 0 Å². The normalized spacial score (nSPS) is 2.18. The van der Waals surface area contributed by atoms with Crippen LogP contribution in [0, 0.1) is 7.43 Å². The zero-order chi connectivity index (χ0) is 4.71. The second-order valence-corrected chi connectivity index (χ2v) is 0.707. The Kier molecular flexibility index (Phi) is 1340. The van der Waals surface area contributed by atoms with Crippen LogP contribution in [0.25, 0.3) is 18.5 Å². The summed E-state index contributed by atoms with van der Waals surface area (Å²) in [5, 5.41) is 0. The largest absolute Gasteiger partial charge is 0.693 e. The summed E-state index contributed by atoms with van der Waals surface area (Å²) >= 11 is 0. The number of nitrogens with two attached hydrogens (primary N) is 3. The average Bonchev–Trinajstić information content (AvgIpc) is 1.46. The molecule has 6 N–H and O–H groups in total.